The number of carbonyl (C=O) groups excluding carboxylic acids is 1. The highest BCUT2D eigenvalue weighted by Gasteiger charge is 2.25. The minimum absolute atomic E-state index is 0.0979. The fourth-order valence-electron chi connectivity index (χ4n) is 2.10. The Kier molecular flexibility index (Phi) is 5.96. The molecule has 5 heteroatoms. The molecule has 20 heavy (non-hydrogen) atoms. The van der Waals surface area contributed by atoms with E-state index < -0.39 is 0 Å². The maximum Gasteiger partial charge on any atom is 0.226 e. The van der Waals surface area contributed by atoms with Crippen LogP contribution >= 0.6 is 23.1 Å². The van der Waals surface area contributed by atoms with E-state index >= 15 is 0 Å². The first-order chi connectivity index (χ1) is 9.70. The van der Waals surface area contributed by atoms with Crippen molar-refractivity contribution in [2.45, 2.75) is 19.4 Å². The van der Waals surface area contributed by atoms with E-state index in [9.17, 15) is 4.79 Å². The van der Waals surface area contributed by atoms with Gasteiger partial charge in [0.15, 0.2) is 0 Å². The molecule has 1 amide bonds. The van der Waals surface area contributed by atoms with Gasteiger partial charge >= 0.3 is 0 Å². The summed E-state index contributed by atoms with van der Waals surface area (Å²) in [5, 5.41) is 10.7. The molecule has 108 valence electrons. The number of thiophene rings is 1. The summed E-state index contributed by atoms with van der Waals surface area (Å²) < 4.78 is 0. The molecule has 1 aliphatic heterocycles. The fraction of sp³-hybridized carbons (Fsp3) is 0.533. The van der Waals surface area contributed by atoms with Gasteiger partial charge in [-0.1, -0.05) is 11.8 Å². The lowest BCUT2D eigenvalue weighted by Crippen LogP contribution is -2.32. The number of amides is 1. The molecule has 1 saturated heterocycles. The molecule has 2 heterocycles. The van der Waals surface area contributed by atoms with E-state index in [0.29, 0.717) is 13.0 Å². The summed E-state index contributed by atoms with van der Waals surface area (Å²) in [6, 6.07) is 2.03. The molecule has 0 spiro atoms. The molecule has 0 saturated carbocycles. The molecule has 0 radical (unpaired) electrons. The van der Waals surface area contributed by atoms with Gasteiger partial charge in [0, 0.05) is 41.0 Å². The number of nitrogens with zero attached hydrogens (tertiary/aromatic N) is 1. The molecule has 1 fully saturated rings. The zero-order valence-corrected chi connectivity index (χ0v) is 13.2. The van der Waals surface area contributed by atoms with E-state index in [1.165, 1.54) is 0 Å². The maximum atomic E-state index is 12.2. The van der Waals surface area contributed by atoms with Gasteiger partial charge in [-0.3, -0.25) is 4.79 Å². The Morgan fingerprint density at radius 2 is 2.45 bits per heavy atom. The number of rotatable bonds is 4. The van der Waals surface area contributed by atoms with Crippen LogP contribution in [0.2, 0.25) is 0 Å². The number of hydrogen-bond acceptors (Lipinski definition) is 4. The standard InChI is InChI=1S/C15H19NO2S2/c1-16(15(18)13-5-7-19-11-13)9-14-8-12(10-20-14)4-2-3-6-17/h8,10,13,17H,3,5-7,9,11H2,1H3. The summed E-state index contributed by atoms with van der Waals surface area (Å²) in [5.41, 5.74) is 0.968. The largest absolute Gasteiger partial charge is 0.395 e. The number of aliphatic hydroxyl groups excluding tert-OH is 1. The Morgan fingerprint density at radius 3 is 3.15 bits per heavy atom. The summed E-state index contributed by atoms with van der Waals surface area (Å²) in [5.74, 6) is 8.46. The summed E-state index contributed by atoms with van der Waals surface area (Å²) in [6.07, 6.45) is 1.51. The second-order valence-corrected chi connectivity index (χ2v) is 6.98. The molecular formula is C15H19NO2S2. The molecule has 0 aromatic carbocycles. The number of thioether (sulfide) groups is 1. The van der Waals surface area contributed by atoms with Crippen molar-refractivity contribution in [2.75, 3.05) is 25.2 Å². The number of hydrogen-bond donors (Lipinski definition) is 1. The normalized spacial score (nSPS) is 17.6. The SMILES string of the molecule is CN(Cc1cc(C#CCCO)cs1)C(=O)C1CCSC1. The predicted molar refractivity (Wildman–Crippen MR) is 84.8 cm³/mol. The van der Waals surface area contributed by atoms with Crippen LogP contribution in [0.25, 0.3) is 0 Å². The molecule has 1 aliphatic rings. The molecular weight excluding hydrogens is 290 g/mol. The van der Waals surface area contributed by atoms with Crippen molar-refractivity contribution in [3.8, 4) is 11.8 Å². The molecule has 1 atom stereocenters. The molecule has 1 aromatic rings. The van der Waals surface area contributed by atoms with Crippen LogP contribution in [-0.4, -0.2) is 41.1 Å². The molecule has 1 unspecified atom stereocenters. The lowest BCUT2D eigenvalue weighted by molar-refractivity contribution is -0.133. The van der Waals surface area contributed by atoms with Gasteiger partial charge in [-0.05, 0) is 18.2 Å². The van der Waals surface area contributed by atoms with E-state index in [1.54, 1.807) is 11.3 Å². The Morgan fingerprint density at radius 1 is 1.60 bits per heavy atom. The minimum atomic E-state index is 0.0979. The molecule has 0 aliphatic carbocycles. The Labute approximate surface area is 128 Å². The van der Waals surface area contributed by atoms with Crippen molar-refractivity contribution in [3.05, 3.63) is 21.9 Å². The van der Waals surface area contributed by atoms with E-state index in [0.717, 1.165) is 28.4 Å². The van der Waals surface area contributed by atoms with Crippen LogP contribution in [0, 0.1) is 17.8 Å². The molecule has 0 bridgehead atoms. The van der Waals surface area contributed by atoms with Gasteiger partial charge in [0.05, 0.1) is 13.2 Å². The third-order valence-electron chi connectivity index (χ3n) is 3.17. The van der Waals surface area contributed by atoms with Crippen molar-refractivity contribution in [1.29, 1.82) is 0 Å². The summed E-state index contributed by atoms with van der Waals surface area (Å²) in [7, 11) is 1.88. The zero-order valence-electron chi connectivity index (χ0n) is 11.6. The van der Waals surface area contributed by atoms with Crippen molar-refractivity contribution < 1.29 is 9.90 Å². The van der Waals surface area contributed by atoms with Gasteiger partial charge in [0.1, 0.15) is 0 Å². The lowest BCUT2D eigenvalue weighted by Gasteiger charge is -2.19. The topological polar surface area (TPSA) is 40.5 Å². The van der Waals surface area contributed by atoms with Crippen LogP contribution in [0.5, 0.6) is 0 Å². The highest BCUT2D eigenvalue weighted by Crippen LogP contribution is 2.25. The molecule has 2 rings (SSSR count). The van der Waals surface area contributed by atoms with Gasteiger partial charge < -0.3 is 10.0 Å². The van der Waals surface area contributed by atoms with Gasteiger partial charge in [0.2, 0.25) is 5.91 Å². The Hall–Kier alpha value is -0.960. The van der Waals surface area contributed by atoms with Crippen LogP contribution < -0.4 is 0 Å². The summed E-state index contributed by atoms with van der Waals surface area (Å²) in [4.78, 5) is 15.2. The first-order valence-corrected chi connectivity index (χ1v) is 8.74. The third kappa shape index (κ3) is 4.27. The van der Waals surface area contributed by atoms with Crippen LogP contribution in [0.4, 0.5) is 0 Å². The Balaban J connectivity index is 1.89. The van der Waals surface area contributed by atoms with E-state index in [2.05, 4.69) is 11.8 Å². The quantitative estimate of drug-likeness (QED) is 0.867. The molecule has 1 aromatic heterocycles. The van der Waals surface area contributed by atoms with Crippen molar-refractivity contribution in [2.24, 2.45) is 5.92 Å². The van der Waals surface area contributed by atoms with Gasteiger partial charge in [-0.15, -0.1) is 11.3 Å². The fourth-order valence-corrected chi connectivity index (χ4v) is 4.18. The zero-order chi connectivity index (χ0) is 14.4. The summed E-state index contributed by atoms with van der Waals surface area (Å²) in [6.45, 7) is 0.757. The second-order valence-electron chi connectivity index (χ2n) is 4.83. The lowest BCUT2D eigenvalue weighted by atomic mass is 10.1. The van der Waals surface area contributed by atoms with Crippen LogP contribution in [0.15, 0.2) is 11.4 Å². The van der Waals surface area contributed by atoms with Crippen LogP contribution in [-0.2, 0) is 11.3 Å². The van der Waals surface area contributed by atoms with E-state index in [-0.39, 0.29) is 18.4 Å². The highest BCUT2D eigenvalue weighted by atomic mass is 32.2. The van der Waals surface area contributed by atoms with Crippen molar-refractivity contribution in [3.63, 3.8) is 0 Å². The Bertz CT molecular complexity index is 509. The van der Waals surface area contributed by atoms with Gasteiger partial charge in [-0.25, -0.2) is 0 Å². The van der Waals surface area contributed by atoms with Crippen molar-refractivity contribution in [1.82, 2.24) is 4.90 Å². The smallest absolute Gasteiger partial charge is 0.226 e. The minimum Gasteiger partial charge on any atom is -0.395 e. The first kappa shape index (κ1) is 15.4. The van der Waals surface area contributed by atoms with Gasteiger partial charge in [-0.2, -0.15) is 11.8 Å². The van der Waals surface area contributed by atoms with Crippen LogP contribution in [0.1, 0.15) is 23.3 Å². The van der Waals surface area contributed by atoms with E-state index in [1.807, 2.05) is 35.2 Å². The summed E-state index contributed by atoms with van der Waals surface area (Å²) >= 11 is 3.50. The molecule has 1 N–H and O–H groups in total. The van der Waals surface area contributed by atoms with Crippen LogP contribution in [0.3, 0.4) is 0 Å². The van der Waals surface area contributed by atoms with E-state index in [4.69, 9.17) is 5.11 Å². The monoisotopic (exact) mass is 309 g/mol. The maximum absolute atomic E-state index is 12.2. The number of carbonyl (C=O) groups is 1. The average molecular weight is 309 g/mol. The first-order valence-electron chi connectivity index (χ1n) is 6.70. The second kappa shape index (κ2) is 7.72. The third-order valence-corrected chi connectivity index (χ3v) is 5.26. The molecule has 3 nitrogen and oxygen atoms in total. The average Bonchev–Trinajstić information content (AvgIpc) is 3.09. The highest BCUT2D eigenvalue weighted by molar-refractivity contribution is 7.99. The van der Waals surface area contributed by atoms with Gasteiger partial charge in [0.25, 0.3) is 0 Å². The van der Waals surface area contributed by atoms with Crippen molar-refractivity contribution >= 4 is 29.0 Å². The number of aliphatic hydroxyl groups is 1. The predicted octanol–water partition coefficient (Wildman–Crippen LogP) is 2.19.